The van der Waals surface area contributed by atoms with Gasteiger partial charge in [0.2, 0.25) is 10.0 Å². The van der Waals surface area contributed by atoms with E-state index in [1.165, 1.54) is 13.1 Å². The van der Waals surface area contributed by atoms with Crippen LogP contribution in [0.5, 0.6) is 0 Å². The molecule has 2 heterocycles. The summed E-state index contributed by atoms with van der Waals surface area (Å²) < 4.78 is 29.2. The van der Waals surface area contributed by atoms with Crippen LogP contribution in [-0.2, 0) is 17.1 Å². The highest BCUT2D eigenvalue weighted by Gasteiger charge is 2.37. The second kappa shape index (κ2) is 5.80. The summed E-state index contributed by atoms with van der Waals surface area (Å²) in [6.45, 7) is 0.211. The first-order valence-electron chi connectivity index (χ1n) is 7.61. The third-order valence-corrected chi connectivity index (χ3v) is 6.09. The van der Waals surface area contributed by atoms with Crippen molar-refractivity contribution in [1.82, 2.24) is 19.3 Å². The topological polar surface area (TPSA) is 140 Å². The number of pyridine rings is 1. The Morgan fingerprint density at radius 2 is 2.04 bits per heavy atom. The number of aryl methyl sites for hydroxylation is 1. The van der Waals surface area contributed by atoms with Crippen LogP contribution in [0, 0.1) is 0 Å². The number of aromatic nitrogens is 3. The first kappa shape index (κ1) is 16.8. The normalized spacial score (nSPS) is 17.4. The lowest BCUT2D eigenvalue weighted by Crippen LogP contribution is -2.51. The van der Waals surface area contributed by atoms with Crippen molar-refractivity contribution in [3.63, 3.8) is 0 Å². The highest BCUT2D eigenvalue weighted by Crippen LogP contribution is 2.30. The van der Waals surface area contributed by atoms with E-state index in [1.54, 1.807) is 0 Å². The number of rotatable bonds is 4. The lowest BCUT2D eigenvalue weighted by atomic mass is 10.0. The van der Waals surface area contributed by atoms with Gasteiger partial charge < -0.3 is 5.73 Å². The summed E-state index contributed by atoms with van der Waals surface area (Å²) in [6, 6.07) is 1.22. The van der Waals surface area contributed by atoms with E-state index in [4.69, 9.17) is 5.73 Å². The van der Waals surface area contributed by atoms with E-state index >= 15 is 0 Å². The largest absolute Gasteiger partial charge is 0.329 e. The molecule has 130 valence electrons. The fraction of sp³-hybridized carbons (Fsp3) is 0.500. The molecule has 0 saturated heterocycles. The molecule has 9 nitrogen and oxygen atoms in total. The number of H-pyrrole nitrogens is 1. The van der Waals surface area contributed by atoms with Crippen molar-refractivity contribution >= 4 is 21.1 Å². The van der Waals surface area contributed by atoms with Crippen LogP contribution in [0.15, 0.2) is 26.7 Å². The molecule has 3 rings (SSSR count). The summed E-state index contributed by atoms with van der Waals surface area (Å²) in [5, 5.41) is 0.0354. The summed E-state index contributed by atoms with van der Waals surface area (Å²) in [4.78, 5) is 29.5. The van der Waals surface area contributed by atoms with E-state index in [2.05, 4.69) is 14.7 Å². The minimum atomic E-state index is -3.88. The molecule has 1 saturated carbocycles. The van der Waals surface area contributed by atoms with Gasteiger partial charge in [-0.1, -0.05) is 12.8 Å². The predicted molar refractivity (Wildman–Crippen MR) is 88.2 cm³/mol. The number of nitrogens with two attached hydrogens (primary N) is 1. The van der Waals surface area contributed by atoms with Gasteiger partial charge in [-0.2, -0.15) is 0 Å². The Labute approximate surface area is 138 Å². The van der Waals surface area contributed by atoms with E-state index in [0.29, 0.717) is 12.8 Å². The number of sulfonamides is 1. The van der Waals surface area contributed by atoms with Gasteiger partial charge in [-0.3, -0.25) is 14.3 Å². The Balaban J connectivity index is 2.09. The van der Waals surface area contributed by atoms with Crippen LogP contribution in [0.2, 0.25) is 0 Å². The molecule has 0 bridgehead atoms. The quantitative estimate of drug-likeness (QED) is 0.655. The van der Waals surface area contributed by atoms with Crippen molar-refractivity contribution in [1.29, 1.82) is 0 Å². The molecule has 0 atom stereocenters. The molecular weight excluding hydrogens is 334 g/mol. The molecule has 0 radical (unpaired) electrons. The zero-order valence-corrected chi connectivity index (χ0v) is 14.0. The highest BCUT2D eigenvalue weighted by atomic mass is 32.2. The lowest BCUT2D eigenvalue weighted by molar-refractivity contribution is 0.399. The van der Waals surface area contributed by atoms with E-state index in [1.807, 2.05) is 0 Å². The van der Waals surface area contributed by atoms with Gasteiger partial charge in [0.25, 0.3) is 5.56 Å². The maximum Gasteiger partial charge on any atom is 0.329 e. The number of hydrogen-bond donors (Lipinski definition) is 3. The number of fused-ring (bicyclic) bond motifs is 1. The molecule has 1 fully saturated rings. The highest BCUT2D eigenvalue weighted by molar-refractivity contribution is 7.89. The Morgan fingerprint density at radius 3 is 2.67 bits per heavy atom. The fourth-order valence-electron chi connectivity index (χ4n) is 3.11. The second-order valence-corrected chi connectivity index (χ2v) is 7.84. The third kappa shape index (κ3) is 2.76. The third-order valence-electron chi connectivity index (χ3n) is 4.54. The van der Waals surface area contributed by atoms with E-state index in [9.17, 15) is 18.0 Å². The molecule has 10 heteroatoms. The summed E-state index contributed by atoms with van der Waals surface area (Å²) in [6.07, 6.45) is 4.33. The van der Waals surface area contributed by atoms with Crippen LogP contribution in [0.1, 0.15) is 25.7 Å². The molecular formula is C14H19N5O4S. The van der Waals surface area contributed by atoms with Gasteiger partial charge in [0.1, 0.15) is 10.5 Å². The summed E-state index contributed by atoms with van der Waals surface area (Å²) in [7, 11) is -2.43. The minimum Gasteiger partial charge on any atom is -0.329 e. The zero-order valence-electron chi connectivity index (χ0n) is 13.2. The van der Waals surface area contributed by atoms with E-state index in [-0.39, 0.29) is 22.5 Å². The monoisotopic (exact) mass is 353 g/mol. The number of nitrogens with one attached hydrogen (secondary N) is 2. The van der Waals surface area contributed by atoms with Crippen molar-refractivity contribution < 1.29 is 8.42 Å². The lowest BCUT2D eigenvalue weighted by Gasteiger charge is -2.28. The molecule has 0 amide bonds. The van der Waals surface area contributed by atoms with Gasteiger partial charge in [-0.25, -0.2) is 22.9 Å². The maximum atomic E-state index is 12.7. The van der Waals surface area contributed by atoms with Gasteiger partial charge in [-0.05, 0) is 18.9 Å². The predicted octanol–water partition coefficient (Wildman–Crippen LogP) is -0.828. The fourth-order valence-corrected chi connectivity index (χ4v) is 4.55. The van der Waals surface area contributed by atoms with E-state index < -0.39 is 26.8 Å². The smallest absolute Gasteiger partial charge is 0.329 e. The van der Waals surface area contributed by atoms with Gasteiger partial charge >= 0.3 is 5.69 Å². The van der Waals surface area contributed by atoms with Gasteiger partial charge in [0, 0.05) is 25.3 Å². The van der Waals surface area contributed by atoms with Crippen molar-refractivity contribution in [2.75, 3.05) is 6.54 Å². The maximum absolute atomic E-state index is 12.7. The average Bonchev–Trinajstić information content (AvgIpc) is 3.00. The van der Waals surface area contributed by atoms with Crippen molar-refractivity contribution in [2.45, 2.75) is 36.1 Å². The molecule has 1 aliphatic carbocycles. The average molecular weight is 353 g/mol. The van der Waals surface area contributed by atoms with Gasteiger partial charge in [-0.15, -0.1) is 0 Å². The zero-order chi connectivity index (χ0) is 17.5. The molecule has 2 aromatic rings. The molecule has 1 aliphatic rings. The molecule has 0 aliphatic heterocycles. The van der Waals surface area contributed by atoms with Crippen LogP contribution in [-0.4, -0.2) is 35.0 Å². The molecule has 0 unspecified atom stereocenters. The van der Waals surface area contributed by atoms with Crippen LogP contribution >= 0.6 is 0 Å². The standard InChI is InChI=1S/C14H19N5O4S/c1-19-11-10(12(20)17-13(19)21)6-9(7-16-11)24(22,23)18-14(8-15)4-2-3-5-14/h6-7,18H,2-5,8,15H2,1H3,(H,17,20,21). The first-order valence-corrected chi connectivity index (χ1v) is 9.09. The van der Waals surface area contributed by atoms with Crippen LogP contribution in [0.25, 0.3) is 11.0 Å². The van der Waals surface area contributed by atoms with Gasteiger partial charge in [0.05, 0.1) is 5.39 Å². The SMILES string of the molecule is Cn1c(=O)[nH]c(=O)c2cc(S(=O)(=O)NC3(CN)CCCC3)cnc21. The second-order valence-electron chi connectivity index (χ2n) is 6.16. The number of nitrogens with zero attached hydrogens (tertiary/aromatic N) is 2. The van der Waals surface area contributed by atoms with Crippen molar-refractivity contribution in [3.8, 4) is 0 Å². The molecule has 0 aromatic carbocycles. The Kier molecular flexibility index (Phi) is 4.06. The summed E-state index contributed by atoms with van der Waals surface area (Å²) in [5.74, 6) is 0. The first-order chi connectivity index (χ1) is 11.3. The number of aromatic amines is 1. The summed E-state index contributed by atoms with van der Waals surface area (Å²) in [5.41, 5.74) is 3.96. The van der Waals surface area contributed by atoms with Crippen LogP contribution in [0.3, 0.4) is 0 Å². The molecule has 0 spiro atoms. The molecule has 2 aromatic heterocycles. The van der Waals surface area contributed by atoms with Crippen molar-refractivity contribution in [2.24, 2.45) is 12.8 Å². The molecule has 4 N–H and O–H groups in total. The van der Waals surface area contributed by atoms with Crippen molar-refractivity contribution in [3.05, 3.63) is 33.1 Å². The number of hydrogen-bond acceptors (Lipinski definition) is 6. The Hall–Kier alpha value is -2.04. The summed E-state index contributed by atoms with van der Waals surface area (Å²) >= 11 is 0. The van der Waals surface area contributed by atoms with Crippen LogP contribution < -0.4 is 21.7 Å². The Bertz CT molecular complexity index is 1000. The molecule has 24 heavy (non-hydrogen) atoms. The minimum absolute atomic E-state index is 0.0354. The van der Waals surface area contributed by atoms with E-state index in [0.717, 1.165) is 23.6 Å². The van der Waals surface area contributed by atoms with Crippen LogP contribution in [0.4, 0.5) is 0 Å². The van der Waals surface area contributed by atoms with Gasteiger partial charge in [0.15, 0.2) is 0 Å². The Morgan fingerprint density at radius 1 is 1.38 bits per heavy atom.